The molecule has 0 radical (unpaired) electrons. The quantitative estimate of drug-likeness (QED) is 0.273. The van der Waals surface area contributed by atoms with Crippen LogP contribution in [0.2, 0.25) is 0 Å². The van der Waals surface area contributed by atoms with Crippen LogP contribution in [-0.4, -0.2) is 0 Å². The molecule has 2 heteroatoms. The van der Waals surface area contributed by atoms with Gasteiger partial charge in [0.1, 0.15) is 0 Å². The first-order valence-corrected chi connectivity index (χ1v) is 14.6. The van der Waals surface area contributed by atoms with Crippen molar-refractivity contribution in [2.75, 3.05) is 0 Å². The molecule has 0 unspecified atom stereocenters. The zero-order valence-electron chi connectivity index (χ0n) is 19.7. The topological polar surface area (TPSA) is 0 Å². The molecule has 0 aliphatic heterocycles. The number of halogens is 1. The summed E-state index contributed by atoms with van der Waals surface area (Å²) in [5.41, 5.74) is 7.97. The fourth-order valence-electron chi connectivity index (χ4n) is 5.25. The van der Waals surface area contributed by atoms with Gasteiger partial charge in [-0.25, -0.2) is 0 Å². The van der Waals surface area contributed by atoms with Crippen LogP contribution in [0, 0.1) is 34.6 Å². The Morgan fingerprint density at radius 1 is 0.500 bits per heavy atom. The molecule has 0 saturated heterocycles. The molecule has 0 bridgehead atoms. The Labute approximate surface area is 198 Å². The molecule has 4 aromatic rings. The number of hydrogen-bond acceptors (Lipinski definition) is 0. The van der Waals surface area contributed by atoms with E-state index in [1.807, 2.05) is 0 Å². The standard InChI is InChI=1S/C30H32ClP/c1-22-23(2)25(4)30(26(5)24(22)3)32(31,28-17-11-7-12-18-28,29-19-13-8-14-20-29)21-27-15-9-6-10-16-27/h6-20H,21H2,1-5H3. The summed E-state index contributed by atoms with van der Waals surface area (Å²) in [4.78, 5) is 0. The number of rotatable bonds is 5. The van der Waals surface area contributed by atoms with Crippen molar-refractivity contribution in [3.63, 3.8) is 0 Å². The molecule has 0 aromatic heterocycles. The van der Waals surface area contributed by atoms with Crippen molar-refractivity contribution in [3.05, 3.63) is 124 Å². The van der Waals surface area contributed by atoms with E-state index in [2.05, 4.69) is 126 Å². The Kier molecular flexibility index (Phi) is 6.06. The summed E-state index contributed by atoms with van der Waals surface area (Å²) < 4.78 is 0. The van der Waals surface area contributed by atoms with Crippen molar-refractivity contribution in [1.29, 1.82) is 0 Å². The van der Waals surface area contributed by atoms with Crippen LogP contribution in [0.4, 0.5) is 0 Å². The van der Waals surface area contributed by atoms with Crippen molar-refractivity contribution in [2.45, 2.75) is 40.8 Å². The van der Waals surface area contributed by atoms with Crippen LogP contribution in [0.15, 0.2) is 91.0 Å². The molecule has 0 amide bonds. The molecular weight excluding hydrogens is 427 g/mol. The van der Waals surface area contributed by atoms with Crippen molar-refractivity contribution < 1.29 is 0 Å². The molecule has 0 aliphatic rings. The first-order valence-electron chi connectivity index (χ1n) is 11.2. The summed E-state index contributed by atoms with van der Waals surface area (Å²) in [6.07, 6.45) is 0.783. The van der Waals surface area contributed by atoms with E-state index in [4.69, 9.17) is 11.2 Å². The van der Waals surface area contributed by atoms with Gasteiger partial charge in [-0.05, 0) is 0 Å². The molecule has 164 valence electrons. The fraction of sp³-hybridized carbons (Fsp3) is 0.200. The molecule has 0 saturated carbocycles. The zero-order chi connectivity index (χ0) is 23.0. The van der Waals surface area contributed by atoms with Crippen LogP contribution in [0.1, 0.15) is 33.4 Å². The Balaban J connectivity index is 2.25. The van der Waals surface area contributed by atoms with E-state index in [9.17, 15) is 0 Å². The molecule has 0 heterocycles. The van der Waals surface area contributed by atoms with Crippen LogP contribution in [-0.2, 0) is 6.16 Å². The Bertz CT molecular complexity index is 1180. The third kappa shape index (κ3) is 3.42. The van der Waals surface area contributed by atoms with Gasteiger partial charge in [0.05, 0.1) is 0 Å². The minimum absolute atomic E-state index is 0.783. The Morgan fingerprint density at radius 3 is 1.25 bits per heavy atom. The second-order valence-corrected chi connectivity index (χ2v) is 15.4. The van der Waals surface area contributed by atoms with E-state index >= 15 is 0 Å². The van der Waals surface area contributed by atoms with Crippen LogP contribution in [0.25, 0.3) is 0 Å². The Hall–Kier alpha value is -2.40. The monoisotopic (exact) mass is 458 g/mol. The van der Waals surface area contributed by atoms with Gasteiger partial charge in [0, 0.05) is 0 Å². The SMILES string of the molecule is Cc1c(C)c(C)c(P(Cl)(Cc2ccccc2)(c2ccccc2)c2ccccc2)c(C)c1C. The van der Waals surface area contributed by atoms with Crippen molar-refractivity contribution in [3.8, 4) is 0 Å². The predicted molar refractivity (Wildman–Crippen MR) is 145 cm³/mol. The summed E-state index contributed by atoms with van der Waals surface area (Å²) in [5.74, 6) is -3.39. The Morgan fingerprint density at radius 2 is 0.844 bits per heavy atom. The third-order valence-electron chi connectivity index (χ3n) is 7.34. The van der Waals surface area contributed by atoms with Gasteiger partial charge in [-0.2, -0.15) is 0 Å². The van der Waals surface area contributed by atoms with E-state index in [0.29, 0.717) is 0 Å². The molecule has 0 nitrogen and oxygen atoms in total. The average Bonchev–Trinajstić information content (AvgIpc) is 2.83. The summed E-state index contributed by atoms with van der Waals surface area (Å²) in [6, 6.07) is 32.4. The average molecular weight is 459 g/mol. The molecular formula is C30H32ClP. The second kappa shape index (κ2) is 8.51. The first-order chi connectivity index (χ1) is 15.3. The molecule has 0 spiro atoms. The molecule has 0 aliphatic carbocycles. The molecule has 4 aromatic carbocycles. The van der Waals surface area contributed by atoms with Crippen molar-refractivity contribution in [2.24, 2.45) is 0 Å². The fourth-order valence-corrected chi connectivity index (χ4v) is 12.7. The van der Waals surface area contributed by atoms with Crippen molar-refractivity contribution in [1.82, 2.24) is 0 Å². The van der Waals surface area contributed by atoms with Gasteiger partial charge in [0.15, 0.2) is 0 Å². The van der Waals surface area contributed by atoms with Crippen LogP contribution >= 0.6 is 17.2 Å². The van der Waals surface area contributed by atoms with Crippen LogP contribution in [0.3, 0.4) is 0 Å². The first kappa shape index (κ1) is 22.8. The van der Waals surface area contributed by atoms with Gasteiger partial charge in [0.25, 0.3) is 0 Å². The normalized spacial score (nSPS) is 12.9. The maximum atomic E-state index is 8.45. The van der Waals surface area contributed by atoms with Gasteiger partial charge < -0.3 is 0 Å². The predicted octanol–water partition coefficient (Wildman–Crippen LogP) is 7.41. The summed E-state index contributed by atoms with van der Waals surface area (Å²) in [6.45, 7) is 11.3. The molecule has 4 rings (SSSR count). The van der Waals surface area contributed by atoms with Crippen molar-refractivity contribution >= 4 is 33.1 Å². The van der Waals surface area contributed by atoms with Gasteiger partial charge in [-0.1, -0.05) is 0 Å². The van der Waals surface area contributed by atoms with Crippen LogP contribution in [0.5, 0.6) is 0 Å². The third-order valence-corrected chi connectivity index (χ3v) is 14.7. The van der Waals surface area contributed by atoms with E-state index < -0.39 is 5.96 Å². The minimum atomic E-state index is -3.39. The van der Waals surface area contributed by atoms with Gasteiger partial charge in [-0.15, -0.1) is 0 Å². The zero-order valence-corrected chi connectivity index (χ0v) is 21.3. The van der Waals surface area contributed by atoms with Gasteiger partial charge in [-0.3, -0.25) is 0 Å². The maximum absolute atomic E-state index is 8.45. The van der Waals surface area contributed by atoms with E-state index in [-0.39, 0.29) is 0 Å². The number of hydrogen-bond donors (Lipinski definition) is 0. The van der Waals surface area contributed by atoms with E-state index in [1.54, 1.807) is 0 Å². The number of benzene rings is 4. The van der Waals surface area contributed by atoms with Crippen LogP contribution < -0.4 is 15.9 Å². The molecule has 0 N–H and O–H groups in total. The second-order valence-electron chi connectivity index (χ2n) is 8.97. The summed E-state index contributed by atoms with van der Waals surface area (Å²) >= 11 is 8.45. The summed E-state index contributed by atoms with van der Waals surface area (Å²) in [7, 11) is 0. The van der Waals surface area contributed by atoms with Gasteiger partial charge in [0.2, 0.25) is 0 Å². The summed E-state index contributed by atoms with van der Waals surface area (Å²) in [5, 5.41) is 3.78. The molecule has 32 heavy (non-hydrogen) atoms. The van der Waals surface area contributed by atoms with E-state index in [1.165, 1.54) is 49.3 Å². The van der Waals surface area contributed by atoms with E-state index in [0.717, 1.165) is 6.16 Å². The van der Waals surface area contributed by atoms with Gasteiger partial charge >= 0.3 is 198 Å². The molecule has 0 fully saturated rings. The molecule has 0 atom stereocenters.